The normalized spacial score (nSPS) is 19.2. The fourth-order valence-electron chi connectivity index (χ4n) is 2.83. The molecule has 1 atom stereocenters. The minimum absolute atomic E-state index is 0.285. The molecule has 1 aromatic carbocycles. The topological polar surface area (TPSA) is 38.5 Å². The average molecular weight is 290 g/mol. The maximum atomic E-state index is 13.2. The zero-order valence-electron chi connectivity index (χ0n) is 12.1. The number of oxazole rings is 1. The number of likely N-dealkylation sites (tertiary alicyclic amines) is 1. The van der Waals surface area contributed by atoms with Crippen molar-refractivity contribution in [2.45, 2.75) is 25.4 Å². The van der Waals surface area contributed by atoms with Crippen molar-refractivity contribution in [1.29, 1.82) is 0 Å². The Balaban J connectivity index is 1.70. The molecule has 0 bridgehead atoms. The van der Waals surface area contributed by atoms with Gasteiger partial charge in [0.2, 0.25) is 5.89 Å². The summed E-state index contributed by atoms with van der Waals surface area (Å²) in [4.78, 5) is 6.82. The van der Waals surface area contributed by atoms with Gasteiger partial charge < -0.3 is 9.15 Å². The molecule has 0 unspecified atom stereocenters. The van der Waals surface area contributed by atoms with Gasteiger partial charge in [0.1, 0.15) is 12.1 Å². The van der Waals surface area contributed by atoms with E-state index in [0.29, 0.717) is 17.5 Å². The molecule has 1 aliphatic rings. The van der Waals surface area contributed by atoms with Gasteiger partial charge in [-0.25, -0.2) is 9.37 Å². The van der Waals surface area contributed by atoms with Gasteiger partial charge >= 0.3 is 0 Å². The molecule has 0 N–H and O–H groups in total. The van der Waals surface area contributed by atoms with Crippen LogP contribution in [0.1, 0.15) is 18.5 Å². The Bertz CT molecular complexity index is 599. The van der Waals surface area contributed by atoms with E-state index < -0.39 is 0 Å². The van der Waals surface area contributed by atoms with E-state index in [2.05, 4.69) is 9.88 Å². The predicted molar refractivity (Wildman–Crippen MR) is 77.2 cm³/mol. The standard InChI is InChI=1S/C16H19FN2O2/c1-20-11-15-6-3-7-19(15)9-14-10-21-16(18-14)12-4-2-5-13(17)8-12/h2,4-5,8,10,15H,3,6-7,9,11H2,1H3/t15-/m1/s1. The largest absolute Gasteiger partial charge is 0.444 e. The highest BCUT2D eigenvalue weighted by Gasteiger charge is 2.25. The summed E-state index contributed by atoms with van der Waals surface area (Å²) in [6.45, 7) is 2.54. The number of hydrogen-bond donors (Lipinski definition) is 0. The molecule has 0 aliphatic carbocycles. The van der Waals surface area contributed by atoms with E-state index >= 15 is 0 Å². The van der Waals surface area contributed by atoms with Crippen molar-refractivity contribution < 1.29 is 13.5 Å². The van der Waals surface area contributed by atoms with Crippen LogP contribution in [0.5, 0.6) is 0 Å². The molecule has 2 heterocycles. The predicted octanol–water partition coefficient (Wildman–Crippen LogP) is 3.09. The van der Waals surface area contributed by atoms with Crippen molar-refractivity contribution in [3.8, 4) is 11.5 Å². The lowest BCUT2D eigenvalue weighted by atomic mass is 10.2. The smallest absolute Gasteiger partial charge is 0.226 e. The molecular formula is C16H19FN2O2. The highest BCUT2D eigenvalue weighted by molar-refractivity contribution is 5.52. The third-order valence-corrected chi connectivity index (χ3v) is 3.85. The monoisotopic (exact) mass is 290 g/mol. The summed E-state index contributed by atoms with van der Waals surface area (Å²) in [5.74, 6) is 0.180. The molecule has 1 aliphatic heterocycles. The third kappa shape index (κ3) is 3.31. The number of ether oxygens (including phenoxy) is 1. The van der Waals surface area contributed by atoms with Gasteiger partial charge in [0.15, 0.2) is 0 Å². The number of methoxy groups -OCH3 is 1. The van der Waals surface area contributed by atoms with Gasteiger partial charge in [-0.05, 0) is 37.6 Å². The summed E-state index contributed by atoms with van der Waals surface area (Å²) in [6, 6.07) is 6.74. The Morgan fingerprint density at radius 3 is 3.19 bits per heavy atom. The molecule has 2 aromatic rings. The third-order valence-electron chi connectivity index (χ3n) is 3.85. The van der Waals surface area contributed by atoms with Crippen molar-refractivity contribution >= 4 is 0 Å². The second kappa shape index (κ2) is 6.37. The van der Waals surface area contributed by atoms with Crippen LogP contribution in [-0.2, 0) is 11.3 Å². The van der Waals surface area contributed by atoms with E-state index in [4.69, 9.17) is 9.15 Å². The number of rotatable bonds is 5. The average Bonchev–Trinajstić information content (AvgIpc) is 3.10. The van der Waals surface area contributed by atoms with Crippen LogP contribution < -0.4 is 0 Å². The van der Waals surface area contributed by atoms with Crippen LogP contribution in [0, 0.1) is 5.82 Å². The van der Waals surface area contributed by atoms with E-state index in [-0.39, 0.29) is 5.82 Å². The van der Waals surface area contributed by atoms with E-state index in [1.54, 1.807) is 25.5 Å². The van der Waals surface area contributed by atoms with Crippen LogP contribution in [0.15, 0.2) is 34.9 Å². The minimum Gasteiger partial charge on any atom is -0.444 e. The molecule has 4 nitrogen and oxygen atoms in total. The molecular weight excluding hydrogens is 271 g/mol. The van der Waals surface area contributed by atoms with Gasteiger partial charge in [0, 0.05) is 25.3 Å². The fraction of sp³-hybridized carbons (Fsp3) is 0.438. The summed E-state index contributed by atoms with van der Waals surface area (Å²) in [5, 5.41) is 0. The van der Waals surface area contributed by atoms with Gasteiger partial charge in [-0.2, -0.15) is 0 Å². The molecule has 5 heteroatoms. The second-order valence-corrected chi connectivity index (χ2v) is 5.38. The minimum atomic E-state index is -0.285. The van der Waals surface area contributed by atoms with E-state index in [9.17, 15) is 4.39 Å². The van der Waals surface area contributed by atoms with Gasteiger partial charge in [0.05, 0.1) is 12.3 Å². The first kappa shape index (κ1) is 14.2. The highest BCUT2D eigenvalue weighted by atomic mass is 19.1. The summed E-state index contributed by atoms with van der Waals surface area (Å²) in [7, 11) is 1.73. The molecule has 1 aromatic heterocycles. The van der Waals surface area contributed by atoms with Crippen molar-refractivity contribution in [3.63, 3.8) is 0 Å². The SMILES string of the molecule is COC[C@H]1CCCN1Cc1coc(-c2cccc(F)c2)n1. The molecule has 0 saturated carbocycles. The van der Waals surface area contributed by atoms with Crippen molar-refractivity contribution in [1.82, 2.24) is 9.88 Å². The van der Waals surface area contributed by atoms with Crippen molar-refractivity contribution in [2.75, 3.05) is 20.3 Å². The lowest BCUT2D eigenvalue weighted by Gasteiger charge is -2.22. The number of nitrogens with zero attached hydrogens (tertiary/aromatic N) is 2. The number of aromatic nitrogens is 1. The molecule has 112 valence electrons. The Morgan fingerprint density at radius 1 is 1.48 bits per heavy atom. The van der Waals surface area contributed by atoms with Crippen LogP contribution in [0.25, 0.3) is 11.5 Å². The molecule has 3 rings (SSSR count). The quantitative estimate of drug-likeness (QED) is 0.848. The Kier molecular flexibility index (Phi) is 4.31. The van der Waals surface area contributed by atoms with Crippen LogP contribution in [0.4, 0.5) is 4.39 Å². The molecule has 0 radical (unpaired) electrons. The zero-order valence-corrected chi connectivity index (χ0v) is 12.1. The van der Waals surface area contributed by atoms with Gasteiger partial charge in [-0.1, -0.05) is 6.07 Å². The van der Waals surface area contributed by atoms with E-state index in [1.807, 2.05) is 0 Å². The Labute approximate surface area is 123 Å². The summed E-state index contributed by atoms with van der Waals surface area (Å²) in [6.07, 6.45) is 3.99. The first-order chi connectivity index (χ1) is 10.3. The first-order valence-corrected chi connectivity index (χ1v) is 7.19. The van der Waals surface area contributed by atoms with Gasteiger partial charge in [0.25, 0.3) is 0 Å². The second-order valence-electron chi connectivity index (χ2n) is 5.38. The van der Waals surface area contributed by atoms with E-state index in [1.165, 1.54) is 18.6 Å². The molecule has 0 amide bonds. The van der Waals surface area contributed by atoms with Crippen LogP contribution >= 0.6 is 0 Å². The highest BCUT2D eigenvalue weighted by Crippen LogP contribution is 2.23. The number of hydrogen-bond acceptors (Lipinski definition) is 4. The zero-order chi connectivity index (χ0) is 14.7. The van der Waals surface area contributed by atoms with Crippen LogP contribution in [0.3, 0.4) is 0 Å². The lowest BCUT2D eigenvalue weighted by Crippen LogP contribution is -2.32. The molecule has 1 fully saturated rings. The first-order valence-electron chi connectivity index (χ1n) is 7.19. The molecule has 21 heavy (non-hydrogen) atoms. The number of benzene rings is 1. The fourth-order valence-corrected chi connectivity index (χ4v) is 2.83. The maximum Gasteiger partial charge on any atom is 0.226 e. The summed E-state index contributed by atoms with van der Waals surface area (Å²) in [5.41, 5.74) is 1.54. The Morgan fingerprint density at radius 2 is 2.38 bits per heavy atom. The van der Waals surface area contributed by atoms with Crippen molar-refractivity contribution in [3.05, 3.63) is 42.0 Å². The van der Waals surface area contributed by atoms with Crippen molar-refractivity contribution in [2.24, 2.45) is 0 Å². The number of halogens is 1. The molecule has 0 spiro atoms. The van der Waals surface area contributed by atoms with E-state index in [0.717, 1.165) is 31.8 Å². The van der Waals surface area contributed by atoms with Crippen LogP contribution in [-0.4, -0.2) is 36.2 Å². The lowest BCUT2D eigenvalue weighted by molar-refractivity contribution is 0.111. The summed E-state index contributed by atoms with van der Waals surface area (Å²) >= 11 is 0. The maximum absolute atomic E-state index is 13.2. The summed E-state index contributed by atoms with van der Waals surface area (Å²) < 4.78 is 24.0. The van der Waals surface area contributed by atoms with Gasteiger partial charge in [-0.15, -0.1) is 0 Å². The van der Waals surface area contributed by atoms with Crippen LogP contribution in [0.2, 0.25) is 0 Å². The Hall–Kier alpha value is -1.72. The molecule has 1 saturated heterocycles. The van der Waals surface area contributed by atoms with Gasteiger partial charge in [-0.3, -0.25) is 4.90 Å².